The van der Waals surface area contributed by atoms with Crippen LogP contribution in [-0.2, 0) is 9.84 Å². The summed E-state index contributed by atoms with van der Waals surface area (Å²) >= 11 is 0. The van der Waals surface area contributed by atoms with E-state index in [0.29, 0.717) is 0 Å². The summed E-state index contributed by atoms with van der Waals surface area (Å²) in [6.07, 6.45) is 0. The van der Waals surface area contributed by atoms with Gasteiger partial charge in [0, 0.05) is 4.91 Å². The first-order valence-electron chi connectivity index (χ1n) is 2.39. The highest BCUT2D eigenvalue weighted by Crippen LogP contribution is 2.00. The lowest BCUT2D eigenvalue weighted by molar-refractivity contribution is 0.603. The van der Waals surface area contributed by atoms with Gasteiger partial charge in [-0.15, -0.1) is 0 Å². The van der Waals surface area contributed by atoms with E-state index in [9.17, 15) is 8.42 Å². The van der Waals surface area contributed by atoms with Gasteiger partial charge in [-0.05, 0) is 6.92 Å². The Hall–Kier alpha value is -0.310. The van der Waals surface area contributed by atoms with Gasteiger partial charge in [-0.2, -0.15) is 0 Å². The van der Waals surface area contributed by atoms with Gasteiger partial charge in [-0.25, -0.2) is 8.42 Å². The lowest BCUT2D eigenvalue weighted by Gasteiger charge is -1.94. The molecule has 3 heteroatoms. The predicted molar refractivity (Wildman–Crippen MR) is 34.3 cm³/mol. The maximum atomic E-state index is 10.6. The maximum Gasteiger partial charge on any atom is 0.173 e. The van der Waals surface area contributed by atoms with Crippen molar-refractivity contribution in [3.63, 3.8) is 0 Å². The molecule has 0 radical (unpaired) electrons. The highest BCUT2D eigenvalue weighted by molar-refractivity contribution is 7.95. The summed E-state index contributed by atoms with van der Waals surface area (Å²) in [5.41, 5.74) is 0. The first-order valence-corrected chi connectivity index (χ1v) is 4.04. The van der Waals surface area contributed by atoms with Gasteiger partial charge in [-0.3, -0.25) is 0 Å². The maximum absolute atomic E-state index is 10.6. The molecule has 0 saturated carbocycles. The van der Waals surface area contributed by atoms with Gasteiger partial charge in [0.25, 0.3) is 0 Å². The van der Waals surface area contributed by atoms with Gasteiger partial charge >= 0.3 is 0 Å². The fourth-order valence-electron chi connectivity index (χ4n) is 0.246. The summed E-state index contributed by atoms with van der Waals surface area (Å²) in [7, 11) is -2.93. The molecule has 0 amide bonds. The molecule has 0 aromatic carbocycles. The molecule has 0 heterocycles. The molecule has 0 spiro atoms. The van der Waals surface area contributed by atoms with Crippen LogP contribution in [0.5, 0.6) is 0 Å². The van der Waals surface area contributed by atoms with E-state index in [1.54, 1.807) is 6.92 Å². The van der Waals surface area contributed by atoms with Crippen LogP contribution in [0.3, 0.4) is 0 Å². The van der Waals surface area contributed by atoms with Crippen molar-refractivity contribution < 1.29 is 8.42 Å². The minimum absolute atomic E-state index is 0.155. The van der Waals surface area contributed by atoms with E-state index < -0.39 is 9.84 Å². The third-order valence-corrected chi connectivity index (χ3v) is 2.73. The van der Waals surface area contributed by atoms with Gasteiger partial charge in [0.15, 0.2) is 9.84 Å². The zero-order valence-corrected chi connectivity index (χ0v) is 5.96. The van der Waals surface area contributed by atoms with E-state index >= 15 is 0 Å². The van der Waals surface area contributed by atoms with Crippen molar-refractivity contribution in [1.82, 2.24) is 0 Å². The SMILES string of the molecule is C=C(C)S(=O)(=O)CC. The van der Waals surface area contributed by atoms with E-state index in [2.05, 4.69) is 6.58 Å². The second kappa shape index (κ2) is 2.31. The van der Waals surface area contributed by atoms with Crippen molar-refractivity contribution in [2.24, 2.45) is 0 Å². The van der Waals surface area contributed by atoms with Crippen LogP contribution in [0.15, 0.2) is 11.5 Å². The summed E-state index contributed by atoms with van der Waals surface area (Å²) in [6.45, 7) is 6.41. The normalized spacial score (nSPS) is 11.2. The molecular weight excluding hydrogens is 124 g/mol. The molecule has 0 bridgehead atoms. The number of hydrogen-bond acceptors (Lipinski definition) is 2. The molecule has 0 aromatic rings. The van der Waals surface area contributed by atoms with Gasteiger partial charge in [-0.1, -0.05) is 13.5 Å². The van der Waals surface area contributed by atoms with Crippen LogP contribution in [0, 0.1) is 0 Å². The molecule has 48 valence electrons. The molecular formula is C5H10O2S. The summed E-state index contributed by atoms with van der Waals surface area (Å²) in [5, 5.41) is 0. The molecule has 0 atom stereocenters. The summed E-state index contributed by atoms with van der Waals surface area (Å²) in [6, 6.07) is 0. The highest BCUT2D eigenvalue weighted by Gasteiger charge is 2.05. The summed E-state index contributed by atoms with van der Waals surface area (Å²) in [5.74, 6) is 0.155. The molecule has 8 heavy (non-hydrogen) atoms. The second-order valence-corrected chi connectivity index (χ2v) is 4.11. The minimum Gasteiger partial charge on any atom is -0.224 e. The fourth-order valence-corrected chi connectivity index (χ4v) is 0.739. The zero-order valence-electron chi connectivity index (χ0n) is 5.14. The molecule has 0 N–H and O–H groups in total. The molecule has 0 unspecified atom stereocenters. The fraction of sp³-hybridized carbons (Fsp3) is 0.600. The Morgan fingerprint density at radius 2 is 2.00 bits per heavy atom. The molecule has 2 nitrogen and oxygen atoms in total. The van der Waals surface area contributed by atoms with Gasteiger partial charge in [0.2, 0.25) is 0 Å². The minimum atomic E-state index is -2.93. The third-order valence-electron chi connectivity index (χ3n) is 0.911. The van der Waals surface area contributed by atoms with Gasteiger partial charge < -0.3 is 0 Å². The van der Waals surface area contributed by atoms with Crippen LogP contribution in [-0.4, -0.2) is 14.2 Å². The van der Waals surface area contributed by atoms with Gasteiger partial charge in [0.1, 0.15) is 0 Å². The lowest BCUT2D eigenvalue weighted by Crippen LogP contribution is -2.01. The van der Waals surface area contributed by atoms with Crippen LogP contribution in [0.4, 0.5) is 0 Å². The Morgan fingerprint density at radius 3 is 2.00 bits per heavy atom. The van der Waals surface area contributed by atoms with Crippen LogP contribution in [0.25, 0.3) is 0 Å². The molecule has 0 fully saturated rings. The Balaban J connectivity index is 4.42. The largest absolute Gasteiger partial charge is 0.224 e. The highest BCUT2D eigenvalue weighted by atomic mass is 32.2. The van der Waals surface area contributed by atoms with E-state index in [1.165, 1.54) is 6.92 Å². The molecule has 0 aliphatic rings. The molecule has 0 rings (SSSR count). The Labute approximate surface area is 50.1 Å². The Kier molecular flexibility index (Phi) is 2.22. The van der Waals surface area contributed by atoms with E-state index in [1.807, 2.05) is 0 Å². The van der Waals surface area contributed by atoms with Crippen LogP contribution >= 0.6 is 0 Å². The standard InChI is InChI=1S/C5H10O2S/c1-4-8(6,7)5(2)3/h2,4H2,1,3H3. The monoisotopic (exact) mass is 134 g/mol. The third kappa shape index (κ3) is 1.66. The van der Waals surface area contributed by atoms with Crippen molar-refractivity contribution in [3.8, 4) is 0 Å². The second-order valence-electron chi connectivity index (χ2n) is 1.61. The molecule has 0 saturated heterocycles. The number of rotatable bonds is 2. The van der Waals surface area contributed by atoms with E-state index in [-0.39, 0.29) is 10.7 Å². The Morgan fingerprint density at radius 1 is 1.62 bits per heavy atom. The quantitative estimate of drug-likeness (QED) is 0.563. The van der Waals surface area contributed by atoms with Gasteiger partial charge in [0.05, 0.1) is 5.75 Å². The van der Waals surface area contributed by atoms with Crippen molar-refractivity contribution in [1.29, 1.82) is 0 Å². The number of sulfone groups is 1. The average Bonchev–Trinajstić information content (AvgIpc) is 1.67. The lowest BCUT2D eigenvalue weighted by atomic mass is 10.8. The van der Waals surface area contributed by atoms with Crippen molar-refractivity contribution in [3.05, 3.63) is 11.5 Å². The van der Waals surface area contributed by atoms with Crippen molar-refractivity contribution in [2.75, 3.05) is 5.75 Å². The molecule has 0 aliphatic carbocycles. The smallest absolute Gasteiger partial charge is 0.173 e. The summed E-state index contributed by atoms with van der Waals surface area (Å²) in [4.78, 5) is 0.250. The number of allylic oxidation sites excluding steroid dienone is 1. The van der Waals surface area contributed by atoms with Crippen molar-refractivity contribution >= 4 is 9.84 Å². The van der Waals surface area contributed by atoms with Crippen LogP contribution in [0.1, 0.15) is 13.8 Å². The van der Waals surface area contributed by atoms with E-state index in [4.69, 9.17) is 0 Å². The van der Waals surface area contributed by atoms with Crippen LogP contribution < -0.4 is 0 Å². The first-order chi connectivity index (χ1) is 3.50. The van der Waals surface area contributed by atoms with Crippen LogP contribution in [0.2, 0.25) is 0 Å². The number of hydrogen-bond donors (Lipinski definition) is 0. The molecule has 0 aliphatic heterocycles. The predicted octanol–water partition coefficient (Wildman–Crippen LogP) is 0.955. The summed E-state index contributed by atoms with van der Waals surface area (Å²) < 4.78 is 21.2. The molecule has 0 aromatic heterocycles. The topological polar surface area (TPSA) is 34.1 Å². The van der Waals surface area contributed by atoms with E-state index in [0.717, 1.165) is 0 Å². The average molecular weight is 134 g/mol. The first kappa shape index (κ1) is 7.69. The zero-order chi connectivity index (χ0) is 6.78. The van der Waals surface area contributed by atoms with Crippen molar-refractivity contribution in [2.45, 2.75) is 13.8 Å². The Bertz CT molecular complexity index is 177.